The third-order valence-corrected chi connectivity index (χ3v) is 7.28. The second kappa shape index (κ2) is 6.40. The Morgan fingerprint density at radius 1 is 1.19 bits per heavy atom. The van der Waals surface area contributed by atoms with Crippen LogP contribution < -0.4 is 4.74 Å². The highest BCUT2D eigenvalue weighted by molar-refractivity contribution is 5.73. The lowest BCUT2D eigenvalue weighted by molar-refractivity contribution is -0.128. The minimum absolute atomic E-state index is 0.244. The Hall–Kier alpha value is -2.29. The molecule has 1 spiro atoms. The molecule has 0 N–H and O–H groups in total. The minimum Gasteiger partial charge on any atom is -0.489 e. The van der Waals surface area contributed by atoms with Crippen LogP contribution in [0, 0.1) is 11.3 Å². The van der Waals surface area contributed by atoms with Gasteiger partial charge in [-0.05, 0) is 71.8 Å². The first-order valence-corrected chi connectivity index (χ1v) is 10.2. The van der Waals surface area contributed by atoms with E-state index in [4.69, 9.17) is 4.74 Å². The van der Waals surface area contributed by atoms with Gasteiger partial charge >= 0.3 is 0 Å². The fraction of sp³-hybridized carbons (Fsp3) is 0.458. The fourth-order valence-electron chi connectivity index (χ4n) is 5.92. The molecule has 2 fully saturated rings. The summed E-state index contributed by atoms with van der Waals surface area (Å²) < 4.78 is 6.05. The van der Waals surface area contributed by atoms with E-state index >= 15 is 0 Å². The van der Waals surface area contributed by atoms with Gasteiger partial charge in [-0.25, -0.2) is 0 Å². The van der Waals surface area contributed by atoms with Gasteiger partial charge in [-0.3, -0.25) is 4.79 Å². The van der Waals surface area contributed by atoms with E-state index in [-0.39, 0.29) is 5.91 Å². The predicted molar refractivity (Wildman–Crippen MR) is 106 cm³/mol. The van der Waals surface area contributed by atoms with Crippen LogP contribution in [0.4, 0.5) is 0 Å². The molecule has 3 aliphatic rings. The average molecular weight is 361 g/mol. The van der Waals surface area contributed by atoms with E-state index in [0.29, 0.717) is 23.9 Å². The number of nitrogens with zero attached hydrogens (tertiary/aromatic N) is 1. The maximum atomic E-state index is 11.9. The average Bonchev–Trinajstić information content (AvgIpc) is 3.22. The van der Waals surface area contributed by atoms with E-state index in [2.05, 4.69) is 35.2 Å². The number of amides is 1. The normalized spacial score (nSPS) is 28.4. The largest absolute Gasteiger partial charge is 0.489 e. The van der Waals surface area contributed by atoms with Crippen molar-refractivity contribution in [3.8, 4) is 5.75 Å². The summed E-state index contributed by atoms with van der Waals surface area (Å²) in [5, 5.41) is 0. The summed E-state index contributed by atoms with van der Waals surface area (Å²) in [6, 6.07) is 17.0. The van der Waals surface area contributed by atoms with Crippen LogP contribution in [0.3, 0.4) is 0 Å². The predicted octanol–water partition coefficient (Wildman–Crippen LogP) is 4.55. The zero-order valence-electron chi connectivity index (χ0n) is 16.0. The number of carbonyl (C=O) groups is 1. The van der Waals surface area contributed by atoms with Crippen LogP contribution >= 0.6 is 0 Å². The summed E-state index contributed by atoms with van der Waals surface area (Å²) in [6.45, 7) is 4.27. The summed E-state index contributed by atoms with van der Waals surface area (Å²) in [4.78, 5) is 14.0. The Labute approximate surface area is 161 Å². The molecule has 1 saturated carbocycles. The molecule has 27 heavy (non-hydrogen) atoms. The number of benzene rings is 2. The summed E-state index contributed by atoms with van der Waals surface area (Å²) in [5.41, 5.74) is 4.49. The van der Waals surface area contributed by atoms with Gasteiger partial charge in [0.05, 0.1) is 0 Å². The molecule has 2 aromatic carbocycles. The van der Waals surface area contributed by atoms with Crippen LogP contribution in [0.25, 0.3) is 0 Å². The molecule has 0 bridgehead atoms. The van der Waals surface area contributed by atoms with Gasteiger partial charge in [0.25, 0.3) is 0 Å². The molecule has 140 valence electrons. The monoisotopic (exact) mass is 361 g/mol. The zero-order chi connectivity index (χ0) is 18.4. The van der Waals surface area contributed by atoms with Crippen molar-refractivity contribution in [2.24, 2.45) is 11.3 Å². The zero-order valence-corrected chi connectivity index (χ0v) is 16.0. The van der Waals surface area contributed by atoms with Crippen LogP contribution in [-0.2, 0) is 17.8 Å². The van der Waals surface area contributed by atoms with Crippen LogP contribution in [0.2, 0.25) is 0 Å². The number of likely N-dealkylation sites (tertiary alicyclic amines) is 1. The Kier molecular flexibility index (Phi) is 3.99. The first kappa shape index (κ1) is 16.9. The van der Waals surface area contributed by atoms with Crippen LogP contribution in [0.1, 0.15) is 48.8 Å². The minimum atomic E-state index is 0.244. The van der Waals surface area contributed by atoms with Gasteiger partial charge in [0, 0.05) is 20.0 Å². The lowest BCUT2D eigenvalue weighted by Gasteiger charge is -2.41. The van der Waals surface area contributed by atoms with Crippen molar-refractivity contribution in [3.05, 3.63) is 65.2 Å². The Morgan fingerprint density at radius 3 is 2.85 bits per heavy atom. The number of fused-ring (bicyclic) bond motifs is 2. The Morgan fingerprint density at radius 2 is 2.04 bits per heavy atom. The quantitative estimate of drug-likeness (QED) is 0.802. The summed E-state index contributed by atoms with van der Waals surface area (Å²) in [5.74, 6) is 2.51. The maximum Gasteiger partial charge on any atom is 0.219 e. The molecule has 1 heterocycles. The van der Waals surface area contributed by atoms with Gasteiger partial charge in [0.15, 0.2) is 0 Å². The fourth-order valence-corrected chi connectivity index (χ4v) is 5.92. The van der Waals surface area contributed by atoms with Crippen molar-refractivity contribution >= 4 is 5.91 Å². The molecule has 1 amide bonds. The van der Waals surface area contributed by atoms with Gasteiger partial charge in [-0.1, -0.05) is 36.4 Å². The maximum absolute atomic E-state index is 11.9. The van der Waals surface area contributed by atoms with Crippen LogP contribution in [-0.4, -0.2) is 23.9 Å². The van der Waals surface area contributed by atoms with Crippen molar-refractivity contribution in [3.63, 3.8) is 0 Å². The topological polar surface area (TPSA) is 29.5 Å². The molecule has 0 unspecified atom stereocenters. The van der Waals surface area contributed by atoms with Crippen LogP contribution in [0.5, 0.6) is 5.75 Å². The standard InChI is InChI=1S/C24H27NO2/c1-17(26)25-14-20-7-10-23-22-9-8-21(27-15-18-5-3-2-4-6-18)13-19(22)11-12-24(20,23)16-25/h2-6,8-9,13,20,23H,7,10-12,14-16H2,1H3/t20-,23+,24+/m1/s1. The van der Waals surface area contributed by atoms with Crippen molar-refractivity contribution in [1.29, 1.82) is 0 Å². The lowest BCUT2D eigenvalue weighted by Crippen LogP contribution is -2.37. The number of rotatable bonds is 3. The molecule has 3 nitrogen and oxygen atoms in total. The van der Waals surface area contributed by atoms with Crippen molar-refractivity contribution in [2.45, 2.75) is 45.1 Å². The molecule has 1 saturated heterocycles. The van der Waals surface area contributed by atoms with Crippen molar-refractivity contribution in [2.75, 3.05) is 13.1 Å². The molecular weight excluding hydrogens is 334 g/mol. The van der Waals surface area contributed by atoms with E-state index in [9.17, 15) is 4.79 Å². The Balaban J connectivity index is 1.37. The van der Waals surface area contributed by atoms with Gasteiger partial charge < -0.3 is 9.64 Å². The number of hydrogen-bond acceptors (Lipinski definition) is 2. The second-order valence-electron chi connectivity index (χ2n) is 8.59. The van der Waals surface area contributed by atoms with E-state index in [1.165, 1.54) is 36.0 Å². The molecule has 5 rings (SSSR count). The van der Waals surface area contributed by atoms with Gasteiger partial charge in [-0.2, -0.15) is 0 Å². The number of aryl methyl sites for hydroxylation is 1. The third kappa shape index (κ3) is 2.75. The first-order chi connectivity index (χ1) is 13.2. The summed E-state index contributed by atoms with van der Waals surface area (Å²) in [6.07, 6.45) is 4.85. The SMILES string of the molecule is CC(=O)N1C[C@H]2CC[C@H]3c4ccc(OCc5ccccc5)cc4CC[C@]23C1. The smallest absolute Gasteiger partial charge is 0.219 e. The molecule has 0 aromatic heterocycles. The van der Waals surface area contributed by atoms with E-state index < -0.39 is 0 Å². The lowest BCUT2D eigenvalue weighted by atomic mass is 9.63. The van der Waals surface area contributed by atoms with E-state index in [0.717, 1.165) is 25.3 Å². The van der Waals surface area contributed by atoms with E-state index in [1.54, 1.807) is 6.92 Å². The van der Waals surface area contributed by atoms with Gasteiger partial charge in [0.1, 0.15) is 12.4 Å². The molecule has 0 radical (unpaired) electrons. The Bertz CT molecular complexity index is 862. The summed E-state index contributed by atoms with van der Waals surface area (Å²) >= 11 is 0. The highest BCUT2D eigenvalue weighted by atomic mass is 16.5. The number of carbonyl (C=O) groups excluding carboxylic acids is 1. The van der Waals surface area contributed by atoms with Gasteiger partial charge in [0.2, 0.25) is 5.91 Å². The van der Waals surface area contributed by atoms with Crippen LogP contribution in [0.15, 0.2) is 48.5 Å². The van der Waals surface area contributed by atoms with Gasteiger partial charge in [-0.15, -0.1) is 0 Å². The molecular formula is C24H27NO2. The second-order valence-corrected chi connectivity index (χ2v) is 8.59. The van der Waals surface area contributed by atoms with Crippen molar-refractivity contribution in [1.82, 2.24) is 4.90 Å². The third-order valence-electron chi connectivity index (χ3n) is 7.28. The number of ether oxygens (including phenoxy) is 1. The molecule has 3 atom stereocenters. The highest BCUT2D eigenvalue weighted by Crippen LogP contribution is 2.61. The molecule has 2 aromatic rings. The molecule has 3 heteroatoms. The first-order valence-electron chi connectivity index (χ1n) is 10.2. The van der Waals surface area contributed by atoms with E-state index in [1.807, 2.05) is 18.2 Å². The molecule has 1 aliphatic heterocycles. The van der Waals surface area contributed by atoms with Crippen molar-refractivity contribution < 1.29 is 9.53 Å². The molecule has 2 aliphatic carbocycles. The number of hydrogen-bond donors (Lipinski definition) is 0. The summed E-state index contributed by atoms with van der Waals surface area (Å²) in [7, 11) is 0. The highest BCUT2D eigenvalue weighted by Gasteiger charge is 2.57.